The van der Waals surface area contributed by atoms with Gasteiger partial charge in [-0.05, 0) is 48.4 Å². The number of hydrogen-bond donors (Lipinski definition) is 1. The summed E-state index contributed by atoms with van der Waals surface area (Å²) in [6.07, 6.45) is 0.866. The zero-order valence-electron chi connectivity index (χ0n) is 10.3. The van der Waals surface area contributed by atoms with E-state index < -0.39 is 0 Å². The molecule has 0 aliphatic carbocycles. The average molecular weight is 262 g/mol. The standard InChI is InChI=1S/C15H16ClNO/c1-18-15-7-2-11(8-9-17)10-14(15)12-3-5-13(16)6-4-12/h2-7,10H,8-9,17H2,1H3. The van der Waals surface area contributed by atoms with Gasteiger partial charge in [0.25, 0.3) is 0 Å². The minimum atomic E-state index is 0.645. The van der Waals surface area contributed by atoms with Crippen LogP contribution in [0.15, 0.2) is 42.5 Å². The van der Waals surface area contributed by atoms with E-state index in [1.807, 2.05) is 36.4 Å². The molecule has 0 aliphatic heterocycles. The molecular formula is C15H16ClNO. The number of ether oxygens (including phenoxy) is 1. The van der Waals surface area contributed by atoms with Crippen LogP contribution in [0.4, 0.5) is 0 Å². The average Bonchev–Trinajstić information content (AvgIpc) is 2.40. The van der Waals surface area contributed by atoms with Crippen molar-refractivity contribution < 1.29 is 4.74 Å². The molecule has 0 radical (unpaired) electrons. The molecule has 94 valence electrons. The van der Waals surface area contributed by atoms with Gasteiger partial charge in [0.2, 0.25) is 0 Å². The second kappa shape index (κ2) is 5.89. The fraction of sp³-hybridized carbons (Fsp3) is 0.200. The topological polar surface area (TPSA) is 35.2 Å². The van der Waals surface area contributed by atoms with Crippen LogP contribution in [0.1, 0.15) is 5.56 Å². The van der Waals surface area contributed by atoms with Gasteiger partial charge in [0, 0.05) is 10.6 Å². The minimum Gasteiger partial charge on any atom is -0.496 e. The van der Waals surface area contributed by atoms with E-state index in [1.165, 1.54) is 5.56 Å². The highest BCUT2D eigenvalue weighted by molar-refractivity contribution is 6.30. The van der Waals surface area contributed by atoms with Gasteiger partial charge in [-0.15, -0.1) is 0 Å². The Hall–Kier alpha value is -1.51. The first-order chi connectivity index (χ1) is 8.74. The first-order valence-corrected chi connectivity index (χ1v) is 6.25. The van der Waals surface area contributed by atoms with E-state index in [2.05, 4.69) is 6.07 Å². The molecule has 0 atom stereocenters. The summed E-state index contributed by atoms with van der Waals surface area (Å²) in [5.41, 5.74) is 8.96. The predicted octanol–water partition coefficient (Wildman–Crippen LogP) is 3.52. The predicted molar refractivity (Wildman–Crippen MR) is 76.2 cm³/mol. The molecule has 0 saturated carbocycles. The second-order valence-electron chi connectivity index (χ2n) is 4.08. The quantitative estimate of drug-likeness (QED) is 0.914. The molecule has 0 aliphatic rings. The van der Waals surface area contributed by atoms with Crippen LogP contribution in [0.3, 0.4) is 0 Å². The normalized spacial score (nSPS) is 10.4. The summed E-state index contributed by atoms with van der Waals surface area (Å²) < 4.78 is 5.40. The lowest BCUT2D eigenvalue weighted by molar-refractivity contribution is 0.416. The molecule has 2 nitrogen and oxygen atoms in total. The van der Waals surface area contributed by atoms with Crippen molar-refractivity contribution in [3.63, 3.8) is 0 Å². The molecule has 0 unspecified atom stereocenters. The summed E-state index contributed by atoms with van der Waals surface area (Å²) >= 11 is 5.91. The zero-order chi connectivity index (χ0) is 13.0. The van der Waals surface area contributed by atoms with Crippen molar-refractivity contribution in [2.45, 2.75) is 6.42 Å². The number of rotatable bonds is 4. The lowest BCUT2D eigenvalue weighted by atomic mass is 10.0. The van der Waals surface area contributed by atoms with Gasteiger partial charge in [-0.3, -0.25) is 0 Å². The Morgan fingerprint density at radius 1 is 1.11 bits per heavy atom. The fourth-order valence-electron chi connectivity index (χ4n) is 1.93. The van der Waals surface area contributed by atoms with Crippen molar-refractivity contribution in [1.82, 2.24) is 0 Å². The highest BCUT2D eigenvalue weighted by atomic mass is 35.5. The van der Waals surface area contributed by atoms with Crippen LogP contribution >= 0.6 is 11.6 Å². The van der Waals surface area contributed by atoms with Crippen molar-refractivity contribution in [3.8, 4) is 16.9 Å². The number of benzene rings is 2. The van der Waals surface area contributed by atoms with Crippen LogP contribution in [0.5, 0.6) is 5.75 Å². The van der Waals surface area contributed by atoms with E-state index in [-0.39, 0.29) is 0 Å². The number of halogens is 1. The van der Waals surface area contributed by atoms with Gasteiger partial charge >= 0.3 is 0 Å². The van der Waals surface area contributed by atoms with E-state index in [0.717, 1.165) is 28.3 Å². The lowest BCUT2D eigenvalue weighted by Gasteiger charge is -2.11. The third-order valence-corrected chi connectivity index (χ3v) is 3.10. The largest absolute Gasteiger partial charge is 0.496 e. The molecule has 2 aromatic rings. The molecule has 2 rings (SSSR count). The number of methoxy groups -OCH3 is 1. The first kappa shape index (κ1) is 12.9. The second-order valence-corrected chi connectivity index (χ2v) is 4.52. The van der Waals surface area contributed by atoms with Crippen molar-refractivity contribution >= 4 is 11.6 Å². The monoisotopic (exact) mass is 261 g/mol. The smallest absolute Gasteiger partial charge is 0.126 e. The van der Waals surface area contributed by atoms with Gasteiger partial charge in [-0.1, -0.05) is 29.8 Å². The van der Waals surface area contributed by atoms with Crippen LogP contribution in [-0.2, 0) is 6.42 Å². The van der Waals surface area contributed by atoms with Crippen LogP contribution in [-0.4, -0.2) is 13.7 Å². The maximum atomic E-state index is 5.91. The molecule has 0 heterocycles. The molecule has 0 amide bonds. The van der Waals surface area contributed by atoms with Gasteiger partial charge in [0.1, 0.15) is 5.75 Å². The maximum absolute atomic E-state index is 5.91. The molecule has 0 aromatic heterocycles. The summed E-state index contributed by atoms with van der Waals surface area (Å²) in [5.74, 6) is 0.859. The SMILES string of the molecule is COc1ccc(CCN)cc1-c1ccc(Cl)cc1. The van der Waals surface area contributed by atoms with Crippen molar-refractivity contribution in [1.29, 1.82) is 0 Å². The Bertz CT molecular complexity index is 523. The van der Waals surface area contributed by atoms with Gasteiger partial charge in [0.15, 0.2) is 0 Å². The van der Waals surface area contributed by atoms with Crippen molar-refractivity contribution in [2.24, 2.45) is 5.73 Å². The highest BCUT2D eigenvalue weighted by Crippen LogP contribution is 2.31. The van der Waals surface area contributed by atoms with E-state index >= 15 is 0 Å². The fourth-order valence-corrected chi connectivity index (χ4v) is 2.06. The first-order valence-electron chi connectivity index (χ1n) is 5.87. The van der Waals surface area contributed by atoms with Crippen LogP contribution < -0.4 is 10.5 Å². The van der Waals surface area contributed by atoms with E-state index in [0.29, 0.717) is 6.54 Å². The number of hydrogen-bond acceptors (Lipinski definition) is 2. The molecule has 0 fully saturated rings. The van der Waals surface area contributed by atoms with Crippen molar-refractivity contribution in [3.05, 3.63) is 53.1 Å². The summed E-state index contributed by atoms with van der Waals surface area (Å²) in [4.78, 5) is 0. The Labute approximate surface area is 112 Å². The van der Waals surface area contributed by atoms with Gasteiger partial charge < -0.3 is 10.5 Å². The van der Waals surface area contributed by atoms with E-state index in [1.54, 1.807) is 7.11 Å². The van der Waals surface area contributed by atoms with Gasteiger partial charge in [-0.2, -0.15) is 0 Å². The molecule has 18 heavy (non-hydrogen) atoms. The molecule has 2 aromatic carbocycles. The Morgan fingerprint density at radius 2 is 1.83 bits per heavy atom. The summed E-state index contributed by atoms with van der Waals surface area (Å²) in [6, 6.07) is 13.9. The summed E-state index contributed by atoms with van der Waals surface area (Å²) in [5, 5.41) is 0.732. The van der Waals surface area contributed by atoms with Gasteiger partial charge in [0.05, 0.1) is 7.11 Å². The minimum absolute atomic E-state index is 0.645. The van der Waals surface area contributed by atoms with Crippen LogP contribution in [0.25, 0.3) is 11.1 Å². The molecule has 0 spiro atoms. The van der Waals surface area contributed by atoms with E-state index in [4.69, 9.17) is 22.1 Å². The molecule has 3 heteroatoms. The third-order valence-electron chi connectivity index (χ3n) is 2.85. The van der Waals surface area contributed by atoms with Crippen molar-refractivity contribution in [2.75, 3.05) is 13.7 Å². The van der Waals surface area contributed by atoms with E-state index in [9.17, 15) is 0 Å². The third kappa shape index (κ3) is 2.84. The van der Waals surface area contributed by atoms with Crippen LogP contribution in [0, 0.1) is 0 Å². The molecule has 2 N–H and O–H groups in total. The summed E-state index contributed by atoms with van der Waals surface area (Å²) in [7, 11) is 1.68. The zero-order valence-corrected chi connectivity index (χ0v) is 11.1. The Balaban J connectivity index is 2.46. The molecule has 0 saturated heterocycles. The highest BCUT2D eigenvalue weighted by Gasteiger charge is 2.06. The molecule has 0 bridgehead atoms. The summed E-state index contributed by atoms with van der Waals surface area (Å²) in [6.45, 7) is 0.645. The van der Waals surface area contributed by atoms with Crippen LogP contribution in [0.2, 0.25) is 5.02 Å². The lowest BCUT2D eigenvalue weighted by Crippen LogP contribution is -2.03. The van der Waals surface area contributed by atoms with Gasteiger partial charge in [-0.25, -0.2) is 0 Å². The maximum Gasteiger partial charge on any atom is 0.126 e. The molecular weight excluding hydrogens is 246 g/mol. The Morgan fingerprint density at radius 3 is 2.44 bits per heavy atom. The number of nitrogens with two attached hydrogens (primary N) is 1. The Kier molecular flexibility index (Phi) is 4.24.